The lowest BCUT2D eigenvalue weighted by atomic mass is 10.0. The number of aromatic nitrogens is 3. The van der Waals surface area contributed by atoms with Crippen molar-refractivity contribution in [3.8, 4) is 0 Å². The van der Waals surface area contributed by atoms with Gasteiger partial charge in [0.25, 0.3) is 0 Å². The smallest absolute Gasteiger partial charge is 0.139 e. The van der Waals surface area contributed by atoms with Crippen molar-refractivity contribution in [2.45, 2.75) is 12.8 Å². The average molecular weight is 266 g/mol. The van der Waals surface area contributed by atoms with Crippen LogP contribution in [0.2, 0.25) is 0 Å². The van der Waals surface area contributed by atoms with E-state index in [9.17, 15) is 0 Å². The van der Waals surface area contributed by atoms with Gasteiger partial charge in [-0.05, 0) is 17.7 Å². The molecule has 15 heavy (non-hydrogen) atoms. The third-order valence-electron chi connectivity index (χ3n) is 2.48. The van der Waals surface area contributed by atoms with Gasteiger partial charge in [0.05, 0.1) is 0 Å². The number of hydrogen-bond donors (Lipinski definition) is 0. The van der Waals surface area contributed by atoms with Crippen molar-refractivity contribution in [1.29, 1.82) is 0 Å². The Bertz CT molecular complexity index is 464. The monoisotopic (exact) mass is 265 g/mol. The third kappa shape index (κ3) is 2.09. The fourth-order valence-electron chi connectivity index (χ4n) is 1.61. The molecule has 1 unspecified atom stereocenters. The molecule has 1 aromatic heterocycles. The molecule has 0 aliphatic rings. The molecule has 0 saturated heterocycles. The average Bonchev–Trinajstić information content (AvgIpc) is 2.63. The van der Waals surface area contributed by atoms with Crippen LogP contribution in [-0.4, -0.2) is 14.8 Å². The molecule has 0 saturated carbocycles. The zero-order valence-electron chi connectivity index (χ0n) is 8.68. The van der Waals surface area contributed by atoms with E-state index in [1.54, 1.807) is 6.33 Å². The maximum absolute atomic E-state index is 4.12. The summed E-state index contributed by atoms with van der Waals surface area (Å²) in [6, 6.07) is 8.27. The Morgan fingerprint density at radius 1 is 1.40 bits per heavy atom. The maximum Gasteiger partial charge on any atom is 0.139 e. The first-order valence-corrected chi connectivity index (χ1v) is 5.57. The first-order chi connectivity index (χ1) is 7.18. The first-order valence-electron chi connectivity index (χ1n) is 4.78. The van der Waals surface area contributed by atoms with Gasteiger partial charge in [-0.25, -0.2) is 0 Å². The summed E-state index contributed by atoms with van der Waals surface area (Å²) in [5.74, 6) is 1.24. The maximum atomic E-state index is 4.12. The lowest BCUT2D eigenvalue weighted by molar-refractivity contribution is 0.737. The highest BCUT2D eigenvalue weighted by molar-refractivity contribution is 9.10. The predicted molar refractivity (Wildman–Crippen MR) is 62.7 cm³/mol. The Hall–Kier alpha value is -1.16. The molecule has 0 aliphatic heterocycles. The summed E-state index contributed by atoms with van der Waals surface area (Å²) < 4.78 is 3.04. The number of rotatable bonds is 2. The van der Waals surface area contributed by atoms with Gasteiger partial charge in [-0.15, -0.1) is 10.2 Å². The van der Waals surface area contributed by atoms with Crippen LogP contribution in [0.3, 0.4) is 0 Å². The molecule has 1 aromatic carbocycles. The molecule has 0 bridgehead atoms. The van der Waals surface area contributed by atoms with Crippen LogP contribution >= 0.6 is 15.9 Å². The molecule has 3 nitrogen and oxygen atoms in total. The van der Waals surface area contributed by atoms with Crippen LogP contribution in [0.4, 0.5) is 0 Å². The molecular formula is C11H12BrN3. The van der Waals surface area contributed by atoms with Crippen LogP contribution in [-0.2, 0) is 7.05 Å². The van der Waals surface area contributed by atoms with E-state index in [1.807, 2.05) is 23.7 Å². The Balaban J connectivity index is 2.36. The molecule has 2 rings (SSSR count). The second-order valence-electron chi connectivity index (χ2n) is 3.58. The summed E-state index contributed by atoms with van der Waals surface area (Å²) in [5, 5.41) is 8.01. The van der Waals surface area contributed by atoms with Crippen molar-refractivity contribution in [2.75, 3.05) is 0 Å². The van der Waals surface area contributed by atoms with Crippen LogP contribution in [0, 0.1) is 0 Å². The summed E-state index contributed by atoms with van der Waals surface area (Å²) >= 11 is 3.47. The minimum atomic E-state index is 0.259. The Morgan fingerprint density at radius 2 is 2.20 bits per heavy atom. The second-order valence-corrected chi connectivity index (χ2v) is 4.49. The number of aryl methyl sites for hydroxylation is 1. The van der Waals surface area contributed by atoms with Crippen LogP contribution < -0.4 is 0 Å². The van der Waals surface area contributed by atoms with Crippen molar-refractivity contribution < 1.29 is 0 Å². The number of hydrogen-bond acceptors (Lipinski definition) is 2. The summed E-state index contributed by atoms with van der Waals surface area (Å²) in [5.41, 5.74) is 1.24. The van der Waals surface area contributed by atoms with E-state index in [0.717, 1.165) is 10.3 Å². The van der Waals surface area contributed by atoms with E-state index in [1.165, 1.54) is 5.56 Å². The van der Waals surface area contributed by atoms with Crippen molar-refractivity contribution in [3.63, 3.8) is 0 Å². The fourth-order valence-corrected chi connectivity index (χ4v) is 2.03. The highest BCUT2D eigenvalue weighted by atomic mass is 79.9. The molecule has 0 aliphatic carbocycles. The highest BCUT2D eigenvalue weighted by Crippen LogP contribution is 2.24. The standard InChI is InChI=1S/C11H12BrN3/c1-8(11-14-13-7-15(11)2)9-4-3-5-10(12)6-9/h3-8H,1-2H3. The topological polar surface area (TPSA) is 30.7 Å². The summed E-state index contributed by atoms with van der Waals surface area (Å²) in [7, 11) is 1.96. The second kappa shape index (κ2) is 4.14. The van der Waals surface area contributed by atoms with E-state index < -0.39 is 0 Å². The van der Waals surface area contributed by atoms with E-state index >= 15 is 0 Å². The third-order valence-corrected chi connectivity index (χ3v) is 2.98. The van der Waals surface area contributed by atoms with Crippen LogP contribution in [0.1, 0.15) is 24.2 Å². The molecule has 4 heteroatoms. The van der Waals surface area contributed by atoms with Gasteiger partial charge in [0.15, 0.2) is 0 Å². The first kappa shape index (κ1) is 10.4. The van der Waals surface area contributed by atoms with E-state index in [2.05, 4.69) is 45.2 Å². The summed E-state index contributed by atoms with van der Waals surface area (Å²) in [4.78, 5) is 0. The molecule has 0 fully saturated rings. The zero-order valence-corrected chi connectivity index (χ0v) is 10.3. The van der Waals surface area contributed by atoms with Crippen molar-refractivity contribution in [3.05, 3.63) is 46.5 Å². The molecule has 0 radical (unpaired) electrons. The lowest BCUT2D eigenvalue weighted by Crippen LogP contribution is -2.04. The van der Waals surface area contributed by atoms with E-state index in [-0.39, 0.29) is 5.92 Å². The molecule has 0 spiro atoms. The van der Waals surface area contributed by atoms with Crippen molar-refractivity contribution in [2.24, 2.45) is 7.05 Å². The molecule has 1 heterocycles. The summed E-state index contributed by atoms with van der Waals surface area (Å²) in [6.45, 7) is 2.13. The van der Waals surface area contributed by atoms with Gasteiger partial charge >= 0.3 is 0 Å². The molecule has 0 N–H and O–H groups in total. The van der Waals surface area contributed by atoms with Crippen molar-refractivity contribution >= 4 is 15.9 Å². The zero-order chi connectivity index (χ0) is 10.8. The van der Waals surface area contributed by atoms with Gasteiger partial charge in [0, 0.05) is 17.4 Å². The summed E-state index contributed by atoms with van der Waals surface area (Å²) in [6.07, 6.45) is 1.73. The van der Waals surface area contributed by atoms with Gasteiger partial charge in [0.1, 0.15) is 12.2 Å². The molecule has 78 valence electrons. The number of benzene rings is 1. The SMILES string of the molecule is CC(c1cccc(Br)c1)c1nncn1C. The molecule has 0 amide bonds. The fraction of sp³-hybridized carbons (Fsp3) is 0.273. The van der Waals surface area contributed by atoms with Crippen LogP contribution in [0.15, 0.2) is 35.1 Å². The normalized spacial score (nSPS) is 12.7. The van der Waals surface area contributed by atoms with Gasteiger partial charge in [-0.2, -0.15) is 0 Å². The molecule has 2 aromatic rings. The molecular weight excluding hydrogens is 254 g/mol. The lowest BCUT2D eigenvalue weighted by Gasteiger charge is -2.10. The predicted octanol–water partition coefficient (Wildman–Crippen LogP) is 2.73. The van der Waals surface area contributed by atoms with Gasteiger partial charge in [0.2, 0.25) is 0 Å². The Kier molecular flexibility index (Phi) is 2.86. The highest BCUT2D eigenvalue weighted by Gasteiger charge is 2.13. The van der Waals surface area contributed by atoms with Crippen LogP contribution in [0.25, 0.3) is 0 Å². The Labute approximate surface area is 97.3 Å². The minimum absolute atomic E-state index is 0.259. The van der Waals surface area contributed by atoms with E-state index in [0.29, 0.717) is 0 Å². The minimum Gasteiger partial charge on any atom is -0.320 e. The van der Waals surface area contributed by atoms with Gasteiger partial charge in [-0.3, -0.25) is 0 Å². The number of halogens is 1. The van der Waals surface area contributed by atoms with Crippen molar-refractivity contribution in [1.82, 2.24) is 14.8 Å². The van der Waals surface area contributed by atoms with Crippen LogP contribution in [0.5, 0.6) is 0 Å². The van der Waals surface area contributed by atoms with Gasteiger partial charge < -0.3 is 4.57 Å². The van der Waals surface area contributed by atoms with Gasteiger partial charge in [-0.1, -0.05) is 35.0 Å². The largest absolute Gasteiger partial charge is 0.320 e. The number of nitrogens with zero attached hydrogens (tertiary/aromatic N) is 3. The Morgan fingerprint density at radius 3 is 2.80 bits per heavy atom. The quantitative estimate of drug-likeness (QED) is 0.836. The molecule has 1 atom stereocenters. The van der Waals surface area contributed by atoms with E-state index in [4.69, 9.17) is 0 Å².